The smallest absolute Gasteiger partial charge is 0.242 e. The Bertz CT molecular complexity index is 1120. The molecule has 1 N–H and O–H groups in total. The normalized spacial score (nSPS) is 12.9. The third-order valence-corrected chi connectivity index (χ3v) is 7.65. The highest BCUT2D eigenvalue weighted by molar-refractivity contribution is 9.10. The first-order valence-corrected chi connectivity index (χ1v) is 14.6. The van der Waals surface area contributed by atoms with Gasteiger partial charge in [-0.3, -0.25) is 13.9 Å². The average molecular weight is 583 g/mol. The second-order valence-corrected chi connectivity index (χ2v) is 11.6. The zero-order chi connectivity index (χ0) is 26.9. The highest BCUT2D eigenvalue weighted by Crippen LogP contribution is 2.29. The van der Waals surface area contributed by atoms with Gasteiger partial charge in [0.25, 0.3) is 0 Å². The molecule has 0 aliphatic rings. The van der Waals surface area contributed by atoms with E-state index in [-0.39, 0.29) is 43.8 Å². The lowest BCUT2D eigenvalue weighted by molar-refractivity contribution is -0.140. The molecule has 0 aliphatic heterocycles. The fraction of sp³-hybridized carbons (Fsp3) is 0.462. The first-order chi connectivity index (χ1) is 17.0. The predicted octanol–water partition coefficient (Wildman–Crippen LogP) is 4.34. The van der Waals surface area contributed by atoms with Crippen molar-refractivity contribution in [1.29, 1.82) is 0 Å². The van der Waals surface area contributed by atoms with E-state index in [4.69, 9.17) is 4.74 Å². The van der Waals surface area contributed by atoms with Crippen LogP contribution in [-0.2, 0) is 26.2 Å². The second-order valence-electron chi connectivity index (χ2n) is 8.75. The molecule has 198 valence electrons. The van der Waals surface area contributed by atoms with Crippen LogP contribution in [0.2, 0.25) is 0 Å². The van der Waals surface area contributed by atoms with Crippen molar-refractivity contribution in [1.82, 2.24) is 10.2 Å². The molecule has 0 fully saturated rings. The van der Waals surface area contributed by atoms with Gasteiger partial charge in [-0.1, -0.05) is 47.1 Å². The number of hydrogen-bond donors (Lipinski definition) is 1. The predicted molar refractivity (Wildman–Crippen MR) is 146 cm³/mol. The minimum absolute atomic E-state index is 0.00578. The van der Waals surface area contributed by atoms with Crippen LogP contribution >= 0.6 is 15.9 Å². The number of methoxy groups -OCH3 is 1. The lowest BCUT2D eigenvalue weighted by Crippen LogP contribution is -2.49. The van der Waals surface area contributed by atoms with Crippen LogP contribution in [0.3, 0.4) is 0 Å². The second kappa shape index (κ2) is 13.6. The highest BCUT2D eigenvalue weighted by Gasteiger charge is 2.27. The third-order valence-electron chi connectivity index (χ3n) is 5.94. The van der Waals surface area contributed by atoms with Gasteiger partial charge in [-0.15, -0.1) is 0 Å². The zero-order valence-electron chi connectivity index (χ0n) is 21.5. The van der Waals surface area contributed by atoms with E-state index in [9.17, 15) is 18.0 Å². The quantitative estimate of drug-likeness (QED) is 0.379. The van der Waals surface area contributed by atoms with Gasteiger partial charge in [-0.25, -0.2) is 8.42 Å². The van der Waals surface area contributed by atoms with Gasteiger partial charge in [0.2, 0.25) is 21.8 Å². The molecule has 0 radical (unpaired) electrons. The van der Waals surface area contributed by atoms with Gasteiger partial charge in [0, 0.05) is 30.0 Å². The van der Waals surface area contributed by atoms with E-state index in [2.05, 4.69) is 21.2 Å². The maximum absolute atomic E-state index is 13.4. The van der Waals surface area contributed by atoms with Gasteiger partial charge in [0.05, 0.1) is 19.1 Å². The summed E-state index contributed by atoms with van der Waals surface area (Å²) >= 11 is 3.41. The number of halogens is 1. The number of anilines is 1. The van der Waals surface area contributed by atoms with Gasteiger partial charge in [0.1, 0.15) is 11.8 Å². The van der Waals surface area contributed by atoms with Crippen molar-refractivity contribution in [2.45, 2.75) is 58.7 Å². The summed E-state index contributed by atoms with van der Waals surface area (Å²) in [7, 11) is -2.13. The summed E-state index contributed by atoms with van der Waals surface area (Å²) in [4.78, 5) is 27.8. The average Bonchev–Trinajstić information content (AvgIpc) is 2.84. The molecule has 2 rings (SSSR count). The van der Waals surface area contributed by atoms with Crippen molar-refractivity contribution in [2.75, 3.05) is 24.2 Å². The lowest BCUT2D eigenvalue weighted by atomic mass is 10.1. The van der Waals surface area contributed by atoms with Crippen molar-refractivity contribution in [3.63, 3.8) is 0 Å². The zero-order valence-corrected chi connectivity index (χ0v) is 23.9. The Hall–Kier alpha value is -2.59. The van der Waals surface area contributed by atoms with Crippen molar-refractivity contribution < 1.29 is 22.7 Å². The first-order valence-electron chi connectivity index (χ1n) is 11.9. The Balaban J connectivity index is 2.19. The molecule has 0 bridgehead atoms. The number of ether oxygens (including phenoxy) is 1. The molecular formula is C26H36BrN3O5S. The summed E-state index contributed by atoms with van der Waals surface area (Å²) in [6.45, 7) is 5.99. The summed E-state index contributed by atoms with van der Waals surface area (Å²) in [5, 5.41) is 2.95. The molecular weight excluding hydrogens is 546 g/mol. The first kappa shape index (κ1) is 29.6. The number of hydrogen-bond acceptors (Lipinski definition) is 5. The Morgan fingerprint density at radius 1 is 1.08 bits per heavy atom. The molecule has 10 heteroatoms. The molecule has 2 aromatic carbocycles. The molecule has 0 unspecified atom stereocenters. The number of nitrogens with one attached hydrogen (secondary N) is 1. The van der Waals surface area contributed by atoms with E-state index in [0.29, 0.717) is 11.4 Å². The summed E-state index contributed by atoms with van der Waals surface area (Å²) in [5.41, 5.74) is 1.31. The number of para-hydroxylation sites is 2. The number of amides is 2. The monoisotopic (exact) mass is 581 g/mol. The molecule has 2 aromatic rings. The number of benzene rings is 2. The Morgan fingerprint density at radius 2 is 1.72 bits per heavy atom. The Labute approximate surface area is 223 Å². The summed E-state index contributed by atoms with van der Waals surface area (Å²) in [6, 6.07) is 13.7. The van der Waals surface area contributed by atoms with E-state index in [1.54, 1.807) is 36.1 Å². The van der Waals surface area contributed by atoms with E-state index >= 15 is 0 Å². The third kappa shape index (κ3) is 8.51. The molecule has 8 nitrogen and oxygen atoms in total. The van der Waals surface area contributed by atoms with Gasteiger partial charge >= 0.3 is 0 Å². The highest BCUT2D eigenvalue weighted by atomic mass is 79.9. The molecule has 0 aromatic heterocycles. The summed E-state index contributed by atoms with van der Waals surface area (Å²) < 4.78 is 32.5. The van der Waals surface area contributed by atoms with Crippen LogP contribution in [-0.4, -0.2) is 57.1 Å². The maximum Gasteiger partial charge on any atom is 0.242 e. The van der Waals surface area contributed by atoms with Crippen LogP contribution in [0.5, 0.6) is 5.75 Å². The fourth-order valence-corrected chi connectivity index (χ4v) is 4.89. The molecule has 0 aliphatic carbocycles. The number of carbonyl (C=O) groups is 2. The molecule has 2 atom stereocenters. The minimum Gasteiger partial charge on any atom is -0.495 e. The molecule has 0 spiro atoms. The molecule has 0 heterocycles. The van der Waals surface area contributed by atoms with Crippen LogP contribution in [0.25, 0.3) is 0 Å². The number of nitrogens with zero attached hydrogens (tertiary/aromatic N) is 2. The molecule has 0 saturated carbocycles. The summed E-state index contributed by atoms with van der Waals surface area (Å²) in [6.07, 6.45) is 2.27. The van der Waals surface area contributed by atoms with Crippen molar-refractivity contribution in [3.8, 4) is 5.75 Å². The van der Waals surface area contributed by atoms with Crippen LogP contribution < -0.4 is 14.4 Å². The largest absolute Gasteiger partial charge is 0.495 e. The van der Waals surface area contributed by atoms with Gasteiger partial charge < -0.3 is 15.0 Å². The maximum atomic E-state index is 13.4. The van der Waals surface area contributed by atoms with Crippen molar-refractivity contribution >= 4 is 43.5 Å². The van der Waals surface area contributed by atoms with Gasteiger partial charge in [-0.2, -0.15) is 0 Å². The number of sulfonamides is 1. The van der Waals surface area contributed by atoms with Crippen LogP contribution in [0.4, 0.5) is 5.69 Å². The summed E-state index contributed by atoms with van der Waals surface area (Å²) in [5.74, 6) is -0.0127. The van der Waals surface area contributed by atoms with E-state index in [0.717, 1.165) is 22.7 Å². The van der Waals surface area contributed by atoms with Crippen molar-refractivity contribution in [3.05, 3.63) is 58.6 Å². The Morgan fingerprint density at radius 3 is 2.31 bits per heavy atom. The Kier molecular flexibility index (Phi) is 11.2. The topological polar surface area (TPSA) is 96.0 Å². The van der Waals surface area contributed by atoms with E-state index < -0.39 is 16.1 Å². The SMILES string of the molecule is CC[C@H](C)NC(=O)[C@H](C)N(Cc1ccc(Br)cc1)C(=O)CCCN(c1ccccc1OC)S(C)(=O)=O. The van der Waals surface area contributed by atoms with Crippen LogP contribution in [0.15, 0.2) is 53.0 Å². The van der Waals surface area contributed by atoms with Gasteiger partial charge in [-0.05, 0) is 56.5 Å². The molecule has 2 amide bonds. The standard InChI is InChI=1S/C26H36BrN3O5S/c1-6-19(2)28-26(32)20(3)29(18-21-13-15-22(27)16-14-21)25(31)12-9-17-30(36(5,33)34)23-10-7-8-11-24(23)35-4/h7-8,10-11,13-16,19-20H,6,9,12,17-18H2,1-5H3,(H,28,32)/t19-,20-/m0/s1. The fourth-order valence-electron chi connectivity index (χ4n) is 3.65. The lowest BCUT2D eigenvalue weighted by Gasteiger charge is -2.30. The van der Waals surface area contributed by atoms with E-state index in [1.165, 1.54) is 11.4 Å². The number of carbonyl (C=O) groups excluding carboxylic acids is 2. The van der Waals surface area contributed by atoms with Crippen LogP contribution in [0.1, 0.15) is 45.6 Å². The molecule has 36 heavy (non-hydrogen) atoms. The van der Waals surface area contributed by atoms with Crippen molar-refractivity contribution in [2.24, 2.45) is 0 Å². The van der Waals surface area contributed by atoms with Gasteiger partial charge in [0.15, 0.2) is 0 Å². The minimum atomic E-state index is -3.61. The molecule has 0 saturated heterocycles. The van der Waals surface area contributed by atoms with E-state index in [1.807, 2.05) is 38.1 Å². The number of rotatable bonds is 13. The van der Waals surface area contributed by atoms with Crippen LogP contribution in [0, 0.1) is 0 Å².